The average molecular weight is 372 g/mol. The Morgan fingerprint density at radius 2 is 1.68 bits per heavy atom. The van der Waals surface area contributed by atoms with Crippen molar-refractivity contribution in [3.05, 3.63) is 103 Å². The summed E-state index contributed by atoms with van der Waals surface area (Å²) in [6.45, 7) is 6.26. The molecule has 0 radical (unpaired) electrons. The molecule has 0 atom stereocenters. The van der Waals surface area contributed by atoms with Crippen molar-refractivity contribution >= 4 is 0 Å². The SMILES string of the molecule is CCc1c(Cc2cc(C)cc(C)c2)n(CC#Cc2ccccc2)c(=O)[nH]c1=O. The highest BCUT2D eigenvalue weighted by Crippen LogP contribution is 2.15. The lowest BCUT2D eigenvalue weighted by Gasteiger charge is -2.14. The van der Waals surface area contributed by atoms with E-state index in [2.05, 4.69) is 35.0 Å². The number of aromatic nitrogens is 2. The molecule has 0 unspecified atom stereocenters. The van der Waals surface area contributed by atoms with Crippen molar-refractivity contribution < 1.29 is 0 Å². The van der Waals surface area contributed by atoms with Gasteiger partial charge in [-0.1, -0.05) is 66.3 Å². The number of aromatic amines is 1. The predicted octanol–water partition coefficient (Wildman–Crippen LogP) is 3.36. The van der Waals surface area contributed by atoms with Crippen LogP contribution in [0.15, 0.2) is 58.1 Å². The minimum Gasteiger partial charge on any atom is -0.285 e. The molecule has 4 nitrogen and oxygen atoms in total. The van der Waals surface area contributed by atoms with Gasteiger partial charge in [0.05, 0.1) is 6.54 Å². The fraction of sp³-hybridized carbons (Fsp3) is 0.250. The highest BCUT2D eigenvalue weighted by molar-refractivity contribution is 5.35. The van der Waals surface area contributed by atoms with Crippen molar-refractivity contribution in [1.29, 1.82) is 0 Å². The minimum absolute atomic E-state index is 0.234. The second-order valence-electron chi connectivity index (χ2n) is 6.96. The summed E-state index contributed by atoms with van der Waals surface area (Å²) < 4.78 is 1.59. The summed E-state index contributed by atoms with van der Waals surface area (Å²) in [5.74, 6) is 6.15. The van der Waals surface area contributed by atoms with E-state index in [1.165, 1.54) is 0 Å². The average Bonchev–Trinajstić information content (AvgIpc) is 2.64. The summed E-state index contributed by atoms with van der Waals surface area (Å²) in [5, 5.41) is 0. The number of H-pyrrole nitrogens is 1. The standard InChI is InChI=1S/C24H24N2O2/c1-4-21-22(16-20-14-17(2)13-18(3)15-20)26(24(28)25-23(21)27)12-8-11-19-9-6-5-7-10-19/h5-7,9-10,13-15H,4,12,16H2,1-3H3,(H,25,27,28). The van der Waals surface area contributed by atoms with E-state index in [1.807, 2.05) is 51.1 Å². The molecule has 0 saturated carbocycles. The van der Waals surface area contributed by atoms with Gasteiger partial charge in [-0.15, -0.1) is 0 Å². The Labute approximate surface area is 164 Å². The van der Waals surface area contributed by atoms with Crippen LogP contribution in [0.3, 0.4) is 0 Å². The molecule has 0 bridgehead atoms. The molecule has 2 aromatic carbocycles. The highest BCUT2D eigenvalue weighted by atomic mass is 16.2. The smallest absolute Gasteiger partial charge is 0.285 e. The highest BCUT2D eigenvalue weighted by Gasteiger charge is 2.14. The van der Waals surface area contributed by atoms with Gasteiger partial charge in [0, 0.05) is 23.2 Å². The zero-order chi connectivity index (χ0) is 20.1. The molecule has 0 saturated heterocycles. The molecule has 1 aromatic heterocycles. The van der Waals surface area contributed by atoms with Crippen molar-refractivity contribution in [3.8, 4) is 11.8 Å². The van der Waals surface area contributed by atoms with Crippen LogP contribution in [0.5, 0.6) is 0 Å². The summed E-state index contributed by atoms with van der Waals surface area (Å²) in [6, 6.07) is 15.9. The van der Waals surface area contributed by atoms with Crippen LogP contribution in [0, 0.1) is 25.7 Å². The third kappa shape index (κ3) is 4.50. The maximum absolute atomic E-state index is 12.5. The summed E-state index contributed by atoms with van der Waals surface area (Å²) >= 11 is 0. The number of rotatable bonds is 4. The van der Waals surface area contributed by atoms with Gasteiger partial charge in [0.2, 0.25) is 0 Å². The molecule has 28 heavy (non-hydrogen) atoms. The summed E-state index contributed by atoms with van der Waals surface area (Å²) in [4.78, 5) is 27.3. The maximum Gasteiger partial charge on any atom is 0.329 e. The van der Waals surface area contributed by atoms with E-state index in [0.717, 1.165) is 27.9 Å². The Balaban J connectivity index is 2.05. The van der Waals surface area contributed by atoms with Crippen molar-refractivity contribution in [2.75, 3.05) is 0 Å². The molecule has 3 aromatic rings. The molecule has 0 aliphatic carbocycles. The van der Waals surface area contributed by atoms with Crippen LogP contribution in [0.2, 0.25) is 0 Å². The van der Waals surface area contributed by atoms with Crippen LogP contribution >= 0.6 is 0 Å². The second kappa shape index (κ2) is 8.58. The zero-order valence-electron chi connectivity index (χ0n) is 16.5. The first-order valence-corrected chi connectivity index (χ1v) is 9.44. The topological polar surface area (TPSA) is 54.9 Å². The lowest BCUT2D eigenvalue weighted by Crippen LogP contribution is -2.35. The molecular formula is C24H24N2O2. The summed E-state index contributed by atoms with van der Waals surface area (Å²) in [7, 11) is 0. The van der Waals surface area contributed by atoms with E-state index in [0.29, 0.717) is 18.4 Å². The van der Waals surface area contributed by atoms with E-state index in [-0.39, 0.29) is 12.1 Å². The van der Waals surface area contributed by atoms with Crippen LogP contribution in [-0.4, -0.2) is 9.55 Å². The zero-order valence-corrected chi connectivity index (χ0v) is 16.5. The first-order valence-electron chi connectivity index (χ1n) is 9.44. The van der Waals surface area contributed by atoms with Gasteiger partial charge in [0.15, 0.2) is 0 Å². The van der Waals surface area contributed by atoms with Gasteiger partial charge < -0.3 is 0 Å². The molecule has 0 amide bonds. The number of hydrogen-bond donors (Lipinski definition) is 1. The van der Waals surface area contributed by atoms with E-state index in [4.69, 9.17) is 0 Å². The third-order valence-electron chi connectivity index (χ3n) is 4.66. The Kier molecular flexibility index (Phi) is 5.96. The fourth-order valence-corrected chi connectivity index (χ4v) is 3.50. The first-order chi connectivity index (χ1) is 13.5. The fourth-order valence-electron chi connectivity index (χ4n) is 3.50. The van der Waals surface area contributed by atoms with Gasteiger partial charge in [0.25, 0.3) is 5.56 Å². The van der Waals surface area contributed by atoms with Crippen LogP contribution in [0.4, 0.5) is 0 Å². The van der Waals surface area contributed by atoms with Gasteiger partial charge in [-0.2, -0.15) is 0 Å². The Morgan fingerprint density at radius 1 is 1.00 bits per heavy atom. The molecule has 1 N–H and O–H groups in total. The lowest BCUT2D eigenvalue weighted by atomic mass is 10.0. The summed E-state index contributed by atoms with van der Waals surface area (Å²) in [6.07, 6.45) is 1.08. The Hall–Kier alpha value is -3.32. The van der Waals surface area contributed by atoms with Gasteiger partial charge in [-0.3, -0.25) is 14.3 Å². The molecule has 0 aliphatic rings. The van der Waals surface area contributed by atoms with Crippen LogP contribution in [-0.2, 0) is 19.4 Å². The third-order valence-corrected chi connectivity index (χ3v) is 4.66. The predicted molar refractivity (Wildman–Crippen MR) is 113 cm³/mol. The number of nitrogens with zero attached hydrogens (tertiary/aromatic N) is 1. The number of nitrogens with one attached hydrogen (secondary N) is 1. The van der Waals surface area contributed by atoms with Crippen molar-refractivity contribution in [2.45, 2.75) is 40.2 Å². The van der Waals surface area contributed by atoms with E-state index < -0.39 is 5.69 Å². The monoisotopic (exact) mass is 372 g/mol. The first kappa shape index (κ1) is 19.4. The quantitative estimate of drug-likeness (QED) is 0.714. The molecule has 4 heteroatoms. The van der Waals surface area contributed by atoms with Crippen LogP contribution in [0.1, 0.15) is 40.4 Å². The summed E-state index contributed by atoms with van der Waals surface area (Å²) in [5.41, 5.74) is 4.96. The van der Waals surface area contributed by atoms with Gasteiger partial charge in [-0.25, -0.2) is 4.79 Å². The molecule has 1 heterocycles. The molecule has 142 valence electrons. The van der Waals surface area contributed by atoms with E-state index >= 15 is 0 Å². The largest absolute Gasteiger partial charge is 0.329 e. The molecule has 0 spiro atoms. The maximum atomic E-state index is 12.5. The van der Waals surface area contributed by atoms with Gasteiger partial charge >= 0.3 is 5.69 Å². The molecule has 0 fully saturated rings. The molecule has 3 rings (SSSR count). The van der Waals surface area contributed by atoms with E-state index in [9.17, 15) is 9.59 Å². The number of aryl methyl sites for hydroxylation is 2. The lowest BCUT2D eigenvalue weighted by molar-refractivity contribution is 0.685. The van der Waals surface area contributed by atoms with Crippen LogP contribution in [0.25, 0.3) is 0 Å². The number of benzene rings is 2. The van der Waals surface area contributed by atoms with Gasteiger partial charge in [0.1, 0.15) is 0 Å². The molecule has 0 aliphatic heterocycles. The van der Waals surface area contributed by atoms with Crippen molar-refractivity contribution in [2.24, 2.45) is 0 Å². The second-order valence-corrected chi connectivity index (χ2v) is 6.96. The van der Waals surface area contributed by atoms with Crippen molar-refractivity contribution in [1.82, 2.24) is 9.55 Å². The Morgan fingerprint density at radius 3 is 2.32 bits per heavy atom. The van der Waals surface area contributed by atoms with Crippen LogP contribution < -0.4 is 11.2 Å². The van der Waals surface area contributed by atoms with Gasteiger partial charge in [-0.05, 0) is 38.0 Å². The number of hydrogen-bond acceptors (Lipinski definition) is 2. The Bertz CT molecular complexity index is 1140. The molecular weight excluding hydrogens is 348 g/mol. The minimum atomic E-state index is -0.413. The normalized spacial score (nSPS) is 10.4. The van der Waals surface area contributed by atoms with E-state index in [1.54, 1.807) is 4.57 Å². The van der Waals surface area contributed by atoms with Crippen molar-refractivity contribution in [3.63, 3.8) is 0 Å².